The molecule has 0 bridgehead atoms. The lowest BCUT2D eigenvalue weighted by molar-refractivity contribution is -0.114. The van der Waals surface area contributed by atoms with Gasteiger partial charge in [-0.1, -0.05) is 12.1 Å². The van der Waals surface area contributed by atoms with Gasteiger partial charge in [-0.2, -0.15) is 16.8 Å². The Morgan fingerprint density at radius 3 is 2.17 bits per heavy atom. The number of fused-ring (bicyclic) bond motifs is 1. The Morgan fingerprint density at radius 1 is 1.00 bits per heavy atom. The first-order valence-corrected chi connectivity index (χ1v) is 8.86. The fourth-order valence-electron chi connectivity index (χ4n) is 1.98. The fraction of sp³-hybridized carbons (Fsp3) is 0.0833. The molecular weight excluding hydrogens is 366 g/mol. The van der Waals surface area contributed by atoms with E-state index in [4.69, 9.17) is 9.11 Å². The van der Waals surface area contributed by atoms with E-state index in [1.807, 2.05) is 0 Å². The van der Waals surface area contributed by atoms with Gasteiger partial charge in [0.15, 0.2) is 5.75 Å². The van der Waals surface area contributed by atoms with Crippen LogP contribution < -0.4 is 13.7 Å². The van der Waals surface area contributed by atoms with E-state index >= 15 is 0 Å². The highest BCUT2D eigenvalue weighted by Gasteiger charge is 2.16. The topological polar surface area (TPSA) is 156 Å². The molecule has 12 heteroatoms. The number of hydrogen-bond donors (Lipinski definition) is 3. The number of hydrogen-bond acceptors (Lipinski definition) is 7. The predicted octanol–water partition coefficient (Wildman–Crippen LogP) is 1.16. The molecule has 0 spiro atoms. The summed E-state index contributed by atoms with van der Waals surface area (Å²) >= 11 is 0. The fourth-order valence-corrected chi connectivity index (χ4v) is 2.69. The van der Waals surface area contributed by atoms with Crippen LogP contribution in [-0.2, 0) is 25.6 Å². The predicted molar refractivity (Wildman–Crippen MR) is 82.6 cm³/mol. The Morgan fingerprint density at radius 2 is 1.62 bits per heavy atom. The lowest BCUT2D eigenvalue weighted by Crippen LogP contribution is -2.10. The molecule has 2 aromatic rings. The number of carbonyl (C=O) groups is 1. The van der Waals surface area contributed by atoms with Crippen molar-refractivity contribution < 1.29 is 39.1 Å². The SMILES string of the molecule is CC(=O)Nc1cc(OS(=O)(=O)O)cc2c(OS(=O)(=O)O)cccc12. The van der Waals surface area contributed by atoms with Crippen LogP contribution >= 0.6 is 0 Å². The van der Waals surface area contributed by atoms with Gasteiger partial charge >= 0.3 is 20.8 Å². The monoisotopic (exact) mass is 377 g/mol. The third-order valence-electron chi connectivity index (χ3n) is 2.64. The van der Waals surface area contributed by atoms with Crippen molar-refractivity contribution in [1.29, 1.82) is 0 Å². The van der Waals surface area contributed by atoms with Gasteiger partial charge in [0.1, 0.15) is 5.75 Å². The van der Waals surface area contributed by atoms with E-state index in [0.717, 1.165) is 12.1 Å². The first kappa shape index (κ1) is 17.9. The van der Waals surface area contributed by atoms with Crippen LogP contribution in [0.15, 0.2) is 30.3 Å². The summed E-state index contributed by atoms with van der Waals surface area (Å²) in [5.41, 5.74) is 0.0689. The van der Waals surface area contributed by atoms with Crippen LogP contribution in [0.25, 0.3) is 10.8 Å². The van der Waals surface area contributed by atoms with Gasteiger partial charge in [0, 0.05) is 23.8 Å². The van der Waals surface area contributed by atoms with Gasteiger partial charge in [-0.25, -0.2) is 0 Å². The van der Waals surface area contributed by atoms with Crippen molar-refractivity contribution >= 4 is 43.2 Å². The molecule has 0 fully saturated rings. The van der Waals surface area contributed by atoms with Gasteiger partial charge in [0.2, 0.25) is 5.91 Å². The summed E-state index contributed by atoms with van der Waals surface area (Å²) in [6.07, 6.45) is 0. The molecule has 2 aromatic carbocycles. The van der Waals surface area contributed by atoms with E-state index in [2.05, 4.69) is 13.7 Å². The second-order valence-corrected chi connectivity index (χ2v) is 6.57. The van der Waals surface area contributed by atoms with Crippen molar-refractivity contribution in [2.24, 2.45) is 0 Å². The second-order valence-electron chi connectivity index (χ2n) is 4.53. The average molecular weight is 377 g/mol. The number of benzene rings is 2. The quantitative estimate of drug-likeness (QED) is 0.650. The first-order valence-electron chi connectivity index (χ1n) is 6.13. The van der Waals surface area contributed by atoms with Crippen molar-refractivity contribution in [3.63, 3.8) is 0 Å². The Labute approximate surface area is 136 Å². The first-order chi connectivity index (χ1) is 10.9. The molecule has 3 N–H and O–H groups in total. The molecule has 0 aliphatic heterocycles. The molecule has 0 atom stereocenters. The van der Waals surface area contributed by atoms with Gasteiger partial charge < -0.3 is 13.7 Å². The Balaban J connectivity index is 2.74. The van der Waals surface area contributed by atoms with Gasteiger partial charge in [0.25, 0.3) is 0 Å². The summed E-state index contributed by atoms with van der Waals surface area (Å²) in [7, 11) is -9.71. The van der Waals surface area contributed by atoms with E-state index < -0.39 is 32.5 Å². The summed E-state index contributed by atoms with van der Waals surface area (Å²) in [5.74, 6) is -1.26. The van der Waals surface area contributed by atoms with E-state index in [-0.39, 0.29) is 22.2 Å². The van der Waals surface area contributed by atoms with Crippen molar-refractivity contribution in [2.75, 3.05) is 5.32 Å². The van der Waals surface area contributed by atoms with Crippen LogP contribution in [0.3, 0.4) is 0 Å². The van der Waals surface area contributed by atoms with Gasteiger partial charge in [-0.3, -0.25) is 13.9 Å². The lowest BCUT2D eigenvalue weighted by atomic mass is 10.1. The molecule has 0 unspecified atom stereocenters. The Kier molecular flexibility index (Phi) is 4.66. The maximum Gasteiger partial charge on any atom is 0.446 e. The molecule has 0 heterocycles. The zero-order chi connectivity index (χ0) is 18.1. The number of nitrogens with one attached hydrogen (secondary N) is 1. The van der Waals surface area contributed by atoms with E-state index in [1.54, 1.807) is 0 Å². The highest BCUT2D eigenvalue weighted by Crippen LogP contribution is 2.36. The number of rotatable bonds is 5. The van der Waals surface area contributed by atoms with Crippen LogP contribution in [-0.4, -0.2) is 31.8 Å². The molecule has 0 aromatic heterocycles. The molecule has 10 nitrogen and oxygen atoms in total. The van der Waals surface area contributed by atoms with Crippen LogP contribution in [0.2, 0.25) is 0 Å². The van der Waals surface area contributed by atoms with E-state index in [0.29, 0.717) is 0 Å². The van der Waals surface area contributed by atoms with Gasteiger partial charge in [-0.15, -0.1) is 0 Å². The normalized spacial score (nSPS) is 12.0. The molecule has 130 valence electrons. The zero-order valence-corrected chi connectivity index (χ0v) is 13.6. The summed E-state index contributed by atoms with van der Waals surface area (Å²) in [5, 5.41) is 2.67. The van der Waals surface area contributed by atoms with Crippen molar-refractivity contribution in [3.8, 4) is 11.5 Å². The molecule has 1 amide bonds. The third kappa shape index (κ3) is 4.79. The minimum absolute atomic E-state index is 0.0000231. The minimum atomic E-state index is -4.86. The number of anilines is 1. The highest BCUT2D eigenvalue weighted by atomic mass is 32.3. The molecular formula is C12H11NO9S2. The van der Waals surface area contributed by atoms with Crippen LogP contribution in [0, 0.1) is 0 Å². The maximum atomic E-state index is 11.3. The van der Waals surface area contributed by atoms with Crippen molar-refractivity contribution in [3.05, 3.63) is 30.3 Å². The van der Waals surface area contributed by atoms with Crippen LogP contribution in [0.5, 0.6) is 11.5 Å². The summed E-state index contributed by atoms with van der Waals surface area (Å²) in [6, 6.07) is 6.21. The molecule has 0 saturated carbocycles. The van der Waals surface area contributed by atoms with Crippen LogP contribution in [0.1, 0.15) is 6.92 Å². The van der Waals surface area contributed by atoms with Crippen LogP contribution in [0.4, 0.5) is 5.69 Å². The van der Waals surface area contributed by atoms with E-state index in [1.165, 1.54) is 25.1 Å². The van der Waals surface area contributed by atoms with Gasteiger partial charge in [0.05, 0.1) is 5.69 Å². The van der Waals surface area contributed by atoms with Crippen molar-refractivity contribution in [1.82, 2.24) is 0 Å². The average Bonchev–Trinajstić information content (AvgIpc) is 2.35. The number of carbonyl (C=O) groups excluding carboxylic acids is 1. The summed E-state index contributed by atoms with van der Waals surface area (Å²) < 4.78 is 69.9. The number of amides is 1. The Hall–Kier alpha value is -2.41. The maximum absolute atomic E-state index is 11.3. The smallest absolute Gasteiger partial charge is 0.362 e. The standard InChI is InChI=1S/C12H11NO9S2/c1-7(14)13-11-6-8(21-23(15,16)17)5-10-9(11)3-2-4-12(10)22-24(18,19)20/h2-6H,1H3,(H,13,14)(H,15,16,17)(H,18,19,20). The lowest BCUT2D eigenvalue weighted by Gasteiger charge is -2.12. The molecule has 0 aliphatic carbocycles. The largest absolute Gasteiger partial charge is 0.446 e. The molecule has 0 saturated heterocycles. The van der Waals surface area contributed by atoms with Crippen molar-refractivity contribution in [2.45, 2.75) is 6.92 Å². The third-order valence-corrected chi connectivity index (χ3v) is 3.43. The molecule has 2 rings (SSSR count). The molecule has 0 aliphatic rings. The minimum Gasteiger partial charge on any atom is -0.362 e. The van der Waals surface area contributed by atoms with Gasteiger partial charge in [-0.05, 0) is 12.1 Å². The Bertz CT molecular complexity index is 1010. The van der Waals surface area contributed by atoms with E-state index in [9.17, 15) is 21.6 Å². The molecule has 24 heavy (non-hydrogen) atoms. The molecule has 0 radical (unpaired) electrons. The highest BCUT2D eigenvalue weighted by molar-refractivity contribution is 7.81. The second kappa shape index (κ2) is 6.24. The summed E-state index contributed by atoms with van der Waals surface area (Å²) in [6.45, 7) is 1.20. The zero-order valence-electron chi connectivity index (χ0n) is 12.0. The summed E-state index contributed by atoms with van der Waals surface area (Å²) in [4.78, 5) is 11.3.